The smallest absolute Gasteiger partial charge is 0.250 e. The van der Waals surface area contributed by atoms with Crippen LogP contribution >= 0.6 is 0 Å². The van der Waals surface area contributed by atoms with Gasteiger partial charge < -0.3 is 4.90 Å². The highest BCUT2D eigenvalue weighted by molar-refractivity contribution is 7.88. The lowest BCUT2D eigenvalue weighted by Crippen LogP contribution is -2.45. The number of hydrogen-bond donors (Lipinski definition) is 0. The standard InChI is InChI=1S/C19H22N2O3S/c1-14-13-16-11-7-8-12-17(16)21(14)19(22)18(20(2)25(3,23)24)15-9-5-4-6-10-15/h4-12,14,18H,13H2,1-3H3/t14-,18+/m1/s1. The number of para-hydroxylation sites is 1. The van der Waals surface area contributed by atoms with E-state index in [1.165, 1.54) is 7.05 Å². The summed E-state index contributed by atoms with van der Waals surface area (Å²) >= 11 is 0. The Kier molecular flexibility index (Phi) is 4.67. The highest BCUT2D eigenvalue weighted by Gasteiger charge is 2.39. The lowest BCUT2D eigenvalue weighted by Gasteiger charge is -2.32. The molecular weight excluding hydrogens is 336 g/mol. The molecule has 0 radical (unpaired) electrons. The number of carbonyl (C=O) groups excluding carboxylic acids is 1. The summed E-state index contributed by atoms with van der Waals surface area (Å²) in [5.74, 6) is -0.225. The van der Waals surface area contributed by atoms with Crippen molar-refractivity contribution in [1.82, 2.24) is 4.31 Å². The van der Waals surface area contributed by atoms with E-state index in [1.54, 1.807) is 17.0 Å². The average molecular weight is 358 g/mol. The van der Waals surface area contributed by atoms with E-state index in [0.29, 0.717) is 5.56 Å². The molecule has 0 fully saturated rings. The largest absolute Gasteiger partial charge is 0.307 e. The minimum absolute atomic E-state index is 0.0101. The molecule has 0 bridgehead atoms. The zero-order chi connectivity index (χ0) is 18.2. The van der Waals surface area contributed by atoms with Crippen LogP contribution in [-0.2, 0) is 21.2 Å². The van der Waals surface area contributed by atoms with Crippen molar-refractivity contribution < 1.29 is 13.2 Å². The van der Waals surface area contributed by atoms with Gasteiger partial charge in [0.05, 0.1) is 6.26 Å². The molecule has 2 atom stereocenters. The maximum absolute atomic E-state index is 13.4. The van der Waals surface area contributed by atoms with E-state index < -0.39 is 16.1 Å². The van der Waals surface area contributed by atoms with Crippen molar-refractivity contribution in [2.45, 2.75) is 25.4 Å². The Morgan fingerprint density at radius 3 is 2.36 bits per heavy atom. The van der Waals surface area contributed by atoms with Crippen LogP contribution in [0.1, 0.15) is 24.1 Å². The molecule has 132 valence electrons. The molecule has 2 aromatic rings. The minimum Gasteiger partial charge on any atom is -0.307 e. The Hall–Kier alpha value is -2.18. The van der Waals surface area contributed by atoms with Crippen molar-refractivity contribution in [3.05, 3.63) is 65.7 Å². The van der Waals surface area contributed by atoms with Crippen LogP contribution in [0.2, 0.25) is 0 Å². The van der Waals surface area contributed by atoms with Crippen molar-refractivity contribution in [3.8, 4) is 0 Å². The topological polar surface area (TPSA) is 57.7 Å². The van der Waals surface area contributed by atoms with Crippen molar-refractivity contribution in [2.75, 3.05) is 18.2 Å². The minimum atomic E-state index is -3.53. The summed E-state index contributed by atoms with van der Waals surface area (Å²) in [4.78, 5) is 15.2. The van der Waals surface area contributed by atoms with E-state index in [0.717, 1.165) is 28.2 Å². The molecule has 0 saturated carbocycles. The zero-order valence-electron chi connectivity index (χ0n) is 14.6. The van der Waals surface area contributed by atoms with Crippen LogP contribution in [0.5, 0.6) is 0 Å². The van der Waals surface area contributed by atoms with E-state index in [4.69, 9.17) is 0 Å². The number of fused-ring (bicyclic) bond motifs is 1. The molecule has 3 rings (SSSR count). The quantitative estimate of drug-likeness (QED) is 0.844. The highest BCUT2D eigenvalue weighted by Crippen LogP contribution is 2.35. The molecule has 0 N–H and O–H groups in total. The van der Waals surface area contributed by atoms with Gasteiger partial charge in [0.2, 0.25) is 15.9 Å². The lowest BCUT2D eigenvalue weighted by molar-refractivity contribution is -0.122. The number of hydrogen-bond acceptors (Lipinski definition) is 3. The van der Waals surface area contributed by atoms with Crippen LogP contribution in [0.25, 0.3) is 0 Å². The van der Waals surface area contributed by atoms with Crippen molar-refractivity contribution in [2.24, 2.45) is 0 Å². The second-order valence-corrected chi connectivity index (χ2v) is 8.52. The van der Waals surface area contributed by atoms with Gasteiger partial charge in [-0.25, -0.2) is 8.42 Å². The number of nitrogens with zero attached hydrogens (tertiary/aromatic N) is 2. The summed E-state index contributed by atoms with van der Waals surface area (Å²) in [7, 11) is -2.08. The Bertz CT molecular complexity index is 881. The third kappa shape index (κ3) is 3.32. The molecule has 0 spiro atoms. The normalized spacial score (nSPS) is 18.2. The van der Waals surface area contributed by atoms with Gasteiger partial charge in [0.15, 0.2) is 0 Å². The fourth-order valence-corrected chi connectivity index (χ4v) is 3.96. The molecular formula is C19H22N2O3S. The van der Waals surface area contributed by atoms with E-state index in [-0.39, 0.29) is 11.9 Å². The van der Waals surface area contributed by atoms with Crippen LogP contribution in [-0.4, -0.2) is 38.0 Å². The van der Waals surface area contributed by atoms with Crippen molar-refractivity contribution in [1.29, 1.82) is 0 Å². The van der Waals surface area contributed by atoms with Gasteiger partial charge in [-0.05, 0) is 30.5 Å². The first-order valence-electron chi connectivity index (χ1n) is 8.19. The Morgan fingerprint density at radius 1 is 1.12 bits per heavy atom. The number of carbonyl (C=O) groups is 1. The van der Waals surface area contributed by atoms with Crippen LogP contribution in [0.15, 0.2) is 54.6 Å². The summed E-state index contributed by atoms with van der Waals surface area (Å²) in [6.45, 7) is 1.99. The molecule has 0 saturated heterocycles. The molecule has 2 aromatic carbocycles. The summed E-state index contributed by atoms with van der Waals surface area (Å²) in [5.41, 5.74) is 2.64. The van der Waals surface area contributed by atoms with E-state index in [2.05, 4.69) is 0 Å². The fourth-order valence-electron chi connectivity index (χ4n) is 3.37. The second kappa shape index (κ2) is 6.61. The predicted octanol–water partition coefficient (Wildman–Crippen LogP) is 2.60. The SMILES string of the molecule is C[C@@H]1Cc2ccccc2N1C(=O)[C@H](c1ccccc1)N(C)S(C)(=O)=O. The highest BCUT2D eigenvalue weighted by atomic mass is 32.2. The van der Waals surface area contributed by atoms with Crippen LogP contribution in [0.3, 0.4) is 0 Å². The number of sulfonamides is 1. The Morgan fingerprint density at radius 2 is 1.72 bits per heavy atom. The van der Waals surface area contributed by atoms with Gasteiger partial charge in [0, 0.05) is 18.8 Å². The van der Waals surface area contributed by atoms with E-state index in [9.17, 15) is 13.2 Å². The van der Waals surface area contributed by atoms with Gasteiger partial charge in [-0.3, -0.25) is 4.79 Å². The van der Waals surface area contributed by atoms with Gasteiger partial charge >= 0.3 is 0 Å². The second-order valence-electron chi connectivity index (χ2n) is 6.48. The third-order valence-corrected chi connectivity index (χ3v) is 5.94. The number of rotatable bonds is 4. The van der Waals surface area contributed by atoms with Gasteiger partial charge in [-0.2, -0.15) is 4.31 Å². The number of anilines is 1. The summed E-state index contributed by atoms with van der Waals surface area (Å²) < 4.78 is 25.4. The summed E-state index contributed by atoms with van der Waals surface area (Å²) in [5, 5.41) is 0. The molecule has 1 aliphatic heterocycles. The van der Waals surface area contributed by atoms with Crippen LogP contribution in [0, 0.1) is 0 Å². The average Bonchev–Trinajstić information content (AvgIpc) is 2.90. The molecule has 5 nitrogen and oxygen atoms in total. The monoisotopic (exact) mass is 358 g/mol. The zero-order valence-corrected chi connectivity index (χ0v) is 15.4. The maximum atomic E-state index is 13.4. The molecule has 1 heterocycles. The Balaban J connectivity index is 2.06. The van der Waals surface area contributed by atoms with Crippen LogP contribution < -0.4 is 4.90 Å². The van der Waals surface area contributed by atoms with Gasteiger partial charge in [0.1, 0.15) is 6.04 Å². The van der Waals surface area contributed by atoms with Gasteiger partial charge in [-0.1, -0.05) is 48.5 Å². The van der Waals surface area contributed by atoms with E-state index >= 15 is 0 Å². The molecule has 25 heavy (non-hydrogen) atoms. The first kappa shape index (κ1) is 17.6. The fraction of sp³-hybridized carbons (Fsp3) is 0.316. The number of benzene rings is 2. The number of amides is 1. The molecule has 0 unspecified atom stereocenters. The molecule has 6 heteroatoms. The first-order valence-corrected chi connectivity index (χ1v) is 10.0. The molecule has 0 aliphatic carbocycles. The van der Waals surface area contributed by atoms with Crippen LogP contribution in [0.4, 0.5) is 5.69 Å². The predicted molar refractivity (Wildman–Crippen MR) is 98.9 cm³/mol. The Labute approximate surface area is 148 Å². The summed E-state index contributed by atoms with van der Waals surface area (Å²) in [6, 6.07) is 15.9. The summed E-state index contributed by atoms with van der Waals surface area (Å²) in [6.07, 6.45) is 1.89. The third-order valence-electron chi connectivity index (χ3n) is 4.68. The number of likely N-dealkylation sites (N-methyl/N-ethyl adjacent to an activating group) is 1. The molecule has 1 aliphatic rings. The van der Waals surface area contributed by atoms with E-state index in [1.807, 2.05) is 49.4 Å². The van der Waals surface area contributed by atoms with Gasteiger partial charge in [-0.15, -0.1) is 0 Å². The van der Waals surface area contributed by atoms with Crippen molar-refractivity contribution >= 4 is 21.6 Å². The molecule has 0 aromatic heterocycles. The van der Waals surface area contributed by atoms with Crippen molar-refractivity contribution in [3.63, 3.8) is 0 Å². The first-order chi connectivity index (χ1) is 11.8. The lowest BCUT2D eigenvalue weighted by atomic mass is 10.1. The maximum Gasteiger partial charge on any atom is 0.250 e. The molecule has 1 amide bonds. The van der Waals surface area contributed by atoms with Gasteiger partial charge in [0.25, 0.3) is 0 Å².